The molecule has 0 aliphatic heterocycles. The molecule has 0 aromatic rings. The molecule has 0 heterocycles. The molecule has 0 radical (unpaired) electrons. The maximum Gasteiger partial charge on any atom is 0.309 e. The van der Waals surface area contributed by atoms with Crippen LogP contribution in [-0.4, -0.2) is 11.6 Å². The molecule has 0 aromatic heterocycles. The average molecular weight is 290 g/mol. The Morgan fingerprint density at radius 2 is 1.67 bits per heavy atom. The highest BCUT2D eigenvalue weighted by Gasteiger charge is 2.70. The van der Waals surface area contributed by atoms with Crippen molar-refractivity contribution in [3.8, 4) is 0 Å². The van der Waals surface area contributed by atoms with Gasteiger partial charge in [-0.15, -0.1) is 0 Å². The van der Waals surface area contributed by atoms with E-state index >= 15 is 0 Å². The number of fused-ring (bicyclic) bond motifs is 9. The maximum absolute atomic E-state index is 12.7. The van der Waals surface area contributed by atoms with Crippen molar-refractivity contribution in [2.45, 2.75) is 65.9 Å². The maximum atomic E-state index is 12.7. The van der Waals surface area contributed by atoms with Gasteiger partial charge >= 0.3 is 5.97 Å². The molecule has 4 fully saturated rings. The van der Waals surface area contributed by atoms with Crippen LogP contribution in [-0.2, 0) is 9.53 Å². The number of hydrogen-bond donors (Lipinski definition) is 0. The predicted octanol–water partition coefficient (Wildman–Crippen LogP) is 4.28. The van der Waals surface area contributed by atoms with Gasteiger partial charge in [0, 0.05) is 0 Å². The van der Waals surface area contributed by atoms with Gasteiger partial charge in [0.25, 0.3) is 0 Å². The third-order valence-corrected chi connectivity index (χ3v) is 7.39. The van der Waals surface area contributed by atoms with Crippen LogP contribution in [0, 0.1) is 46.8 Å². The fourth-order valence-electron chi connectivity index (χ4n) is 7.04. The van der Waals surface area contributed by atoms with Gasteiger partial charge in [0.2, 0.25) is 0 Å². The summed E-state index contributed by atoms with van der Waals surface area (Å²) < 4.78 is 5.76. The largest absolute Gasteiger partial charge is 0.460 e. The van der Waals surface area contributed by atoms with Gasteiger partial charge in [-0.3, -0.25) is 4.79 Å². The Morgan fingerprint density at radius 3 is 2.29 bits per heavy atom. The molecule has 0 N–H and O–H groups in total. The molecule has 0 aromatic carbocycles. The van der Waals surface area contributed by atoms with E-state index in [0.717, 1.165) is 36.0 Å². The predicted molar refractivity (Wildman–Crippen MR) is 82.5 cm³/mol. The third-order valence-electron chi connectivity index (χ3n) is 7.39. The van der Waals surface area contributed by atoms with Gasteiger partial charge in [-0.05, 0) is 87.4 Å². The lowest BCUT2D eigenvalue weighted by Gasteiger charge is -2.38. The second kappa shape index (κ2) is 4.06. The van der Waals surface area contributed by atoms with Crippen LogP contribution in [0.15, 0.2) is 0 Å². The standard InChI is InChI=1S/C19H30O2/c1-18(2,3)21-17(20)12-9-13-14-10-6-7-11(8-10)15(14)16(12)19(13,4)5/h10-16H,6-9H2,1-5H3. The fraction of sp³-hybridized carbons (Fsp3) is 0.947. The molecule has 4 rings (SSSR count). The first kappa shape index (κ1) is 14.1. The average Bonchev–Trinajstić information content (AvgIpc) is 3.04. The van der Waals surface area contributed by atoms with Gasteiger partial charge in [0.1, 0.15) is 5.60 Å². The summed E-state index contributed by atoms with van der Waals surface area (Å²) in [5.41, 5.74) is -0.00466. The van der Waals surface area contributed by atoms with Crippen LogP contribution in [0.1, 0.15) is 60.3 Å². The van der Waals surface area contributed by atoms with Gasteiger partial charge in [-0.2, -0.15) is 0 Å². The van der Waals surface area contributed by atoms with Gasteiger partial charge < -0.3 is 4.74 Å². The molecular formula is C19H30O2. The van der Waals surface area contributed by atoms with E-state index in [-0.39, 0.29) is 17.5 Å². The van der Waals surface area contributed by atoms with Crippen molar-refractivity contribution in [2.24, 2.45) is 46.8 Å². The first-order valence-corrected chi connectivity index (χ1v) is 8.93. The summed E-state index contributed by atoms with van der Waals surface area (Å²) in [7, 11) is 0. The van der Waals surface area contributed by atoms with E-state index in [2.05, 4.69) is 13.8 Å². The minimum atomic E-state index is -0.350. The van der Waals surface area contributed by atoms with E-state index in [4.69, 9.17) is 4.74 Å². The summed E-state index contributed by atoms with van der Waals surface area (Å²) >= 11 is 0. The Balaban J connectivity index is 1.62. The highest BCUT2D eigenvalue weighted by Crippen LogP contribution is 2.74. The summed E-state index contributed by atoms with van der Waals surface area (Å²) in [5, 5.41) is 0. The lowest BCUT2D eigenvalue weighted by Crippen LogP contribution is -2.39. The lowest BCUT2D eigenvalue weighted by molar-refractivity contribution is -0.164. The minimum Gasteiger partial charge on any atom is -0.460 e. The monoisotopic (exact) mass is 290 g/mol. The van der Waals surface area contributed by atoms with Crippen LogP contribution < -0.4 is 0 Å². The second-order valence-corrected chi connectivity index (χ2v) is 9.82. The Morgan fingerprint density at radius 1 is 1.05 bits per heavy atom. The molecule has 7 atom stereocenters. The zero-order valence-corrected chi connectivity index (χ0v) is 14.2. The Hall–Kier alpha value is -0.530. The van der Waals surface area contributed by atoms with Crippen molar-refractivity contribution in [3.05, 3.63) is 0 Å². The van der Waals surface area contributed by atoms with E-state index in [1.165, 1.54) is 19.3 Å². The van der Waals surface area contributed by atoms with Crippen LogP contribution in [0.3, 0.4) is 0 Å². The van der Waals surface area contributed by atoms with Crippen LogP contribution in [0.4, 0.5) is 0 Å². The van der Waals surface area contributed by atoms with E-state index in [1.54, 1.807) is 0 Å². The number of rotatable bonds is 1. The van der Waals surface area contributed by atoms with Crippen LogP contribution in [0.5, 0.6) is 0 Å². The van der Waals surface area contributed by atoms with Crippen molar-refractivity contribution < 1.29 is 9.53 Å². The molecule has 4 aliphatic rings. The van der Waals surface area contributed by atoms with Gasteiger partial charge in [0.15, 0.2) is 0 Å². The second-order valence-electron chi connectivity index (χ2n) is 9.82. The van der Waals surface area contributed by atoms with E-state index in [0.29, 0.717) is 11.3 Å². The van der Waals surface area contributed by atoms with Crippen LogP contribution in [0.25, 0.3) is 0 Å². The zero-order valence-electron chi connectivity index (χ0n) is 14.2. The van der Waals surface area contributed by atoms with Crippen molar-refractivity contribution in [3.63, 3.8) is 0 Å². The molecule has 21 heavy (non-hydrogen) atoms. The van der Waals surface area contributed by atoms with Gasteiger partial charge in [0.05, 0.1) is 5.92 Å². The Bertz CT molecular complexity index is 472. The molecule has 0 amide bonds. The molecule has 4 saturated carbocycles. The Kier molecular flexibility index (Phi) is 2.72. The summed E-state index contributed by atoms with van der Waals surface area (Å²) in [5.74, 6) is 5.26. The molecule has 118 valence electrons. The molecule has 4 bridgehead atoms. The lowest BCUT2D eigenvalue weighted by atomic mass is 9.67. The van der Waals surface area contributed by atoms with E-state index in [9.17, 15) is 4.79 Å². The Labute approximate surface area is 129 Å². The summed E-state index contributed by atoms with van der Waals surface area (Å²) in [6, 6.07) is 0. The molecule has 2 heteroatoms. The van der Waals surface area contributed by atoms with Crippen LogP contribution >= 0.6 is 0 Å². The van der Waals surface area contributed by atoms with Crippen molar-refractivity contribution in [1.29, 1.82) is 0 Å². The molecular weight excluding hydrogens is 260 g/mol. The number of hydrogen-bond acceptors (Lipinski definition) is 2. The molecule has 2 nitrogen and oxygen atoms in total. The summed E-state index contributed by atoms with van der Waals surface area (Å²) in [4.78, 5) is 12.7. The molecule has 0 spiro atoms. The molecule has 4 aliphatic carbocycles. The van der Waals surface area contributed by atoms with Crippen molar-refractivity contribution in [2.75, 3.05) is 0 Å². The quantitative estimate of drug-likeness (QED) is 0.532. The number of esters is 1. The molecule has 7 unspecified atom stereocenters. The smallest absolute Gasteiger partial charge is 0.309 e. The number of ether oxygens (including phenoxy) is 1. The SMILES string of the molecule is CC(C)(C)OC(=O)C1CC2C3C4CCC(C4)C3C1C2(C)C. The topological polar surface area (TPSA) is 26.3 Å². The molecule has 0 saturated heterocycles. The van der Waals surface area contributed by atoms with Gasteiger partial charge in [-0.25, -0.2) is 0 Å². The fourth-order valence-corrected chi connectivity index (χ4v) is 7.04. The highest BCUT2D eigenvalue weighted by atomic mass is 16.6. The number of carbonyl (C=O) groups is 1. The zero-order chi connectivity index (χ0) is 15.2. The van der Waals surface area contributed by atoms with Crippen molar-refractivity contribution >= 4 is 5.97 Å². The van der Waals surface area contributed by atoms with Gasteiger partial charge in [-0.1, -0.05) is 13.8 Å². The third kappa shape index (κ3) is 1.80. The summed E-state index contributed by atoms with van der Waals surface area (Å²) in [6.07, 6.45) is 5.44. The first-order valence-electron chi connectivity index (χ1n) is 8.93. The number of carbonyl (C=O) groups excluding carboxylic acids is 1. The van der Waals surface area contributed by atoms with Crippen LogP contribution in [0.2, 0.25) is 0 Å². The highest BCUT2D eigenvalue weighted by molar-refractivity contribution is 5.74. The normalized spacial score (nSPS) is 49.5. The van der Waals surface area contributed by atoms with E-state index < -0.39 is 0 Å². The first-order chi connectivity index (χ1) is 9.70. The summed E-state index contributed by atoms with van der Waals surface area (Å²) in [6.45, 7) is 10.8. The minimum absolute atomic E-state index is 0.0873. The van der Waals surface area contributed by atoms with E-state index in [1.807, 2.05) is 20.8 Å². The van der Waals surface area contributed by atoms with Crippen molar-refractivity contribution in [1.82, 2.24) is 0 Å².